The van der Waals surface area contributed by atoms with Gasteiger partial charge in [-0.2, -0.15) is 0 Å². The van der Waals surface area contributed by atoms with Gasteiger partial charge in [0.25, 0.3) is 0 Å². The molecule has 1 aliphatic rings. The van der Waals surface area contributed by atoms with Crippen LogP contribution in [0.15, 0.2) is 54.6 Å². The summed E-state index contributed by atoms with van der Waals surface area (Å²) >= 11 is 0. The molecule has 0 unspecified atom stereocenters. The molecule has 0 amide bonds. The summed E-state index contributed by atoms with van der Waals surface area (Å²) in [7, 11) is 2.13. The molecule has 0 bridgehead atoms. The summed E-state index contributed by atoms with van der Waals surface area (Å²) in [5.41, 5.74) is 7.24. The van der Waals surface area contributed by atoms with Gasteiger partial charge in [-0.05, 0) is 40.7 Å². The van der Waals surface area contributed by atoms with Gasteiger partial charge in [0, 0.05) is 6.42 Å². The van der Waals surface area contributed by atoms with Gasteiger partial charge in [0.2, 0.25) is 0 Å². The quantitative estimate of drug-likeness (QED) is 0.821. The van der Waals surface area contributed by atoms with Crippen LogP contribution in [0.2, 0.25) is 0 Å². The highest BCUT2D eigenvalue weighted by Crippen LogP contribution is 2.33. The van der Waals surface area contributed by atoms with Crippen LogP contribution in [0.4, 0.5) is 0 Å². The minimum Gasteiger partial charge on any atom is -0.348 e. The van der Waals surface area contributed by atoms with Crippen LogP contribution in [0.25, 0.3) is 5.57 Å². The monoisotopic (exact) mass is 264 g/mol. The zero-order chi connectivity index (χ0) is 13.8. The highest BCUT2D eigenvalue weighted by molar-refractivity contribution is 5.83. The Bertz CT molecular complexity index is 576. The highest BCUT2D eigenvalue weighted by atomic mass is 14.8. The molecule has 0 spiro atoms. The third kappa shape index (κ3) is 2.54. The van der Waals surface area contributed by atoms with Crippen LogP contribution in [0, 0.1) is 0 Å². The first kappa shape index (κ1) is 13.1. The lowest BCUT2D eigenvalue weighted by Crippen LogP contribution is -2.79. The number of aryl methyl sites for hydroxylation is 2. The predicted molar refractivity (Wildman–Crippen MR) is 84.7 cm³/mol. The summed E-state index contributed by atoms with van der Waals surface area (Å²) < 4.78 is 0. The van der Waals surface area contributed by atoms with E-state index in [1.165, 1.54) is 27.8 Å². The largest absolute Gasteiger partial charge is 0.348 e. The van der Waals surface area contributed by atoms with E-state index in [0.717, 1.165) is 25.8 Å². The lowest BCUT2D eigenvalue weighted by atomic mass is 9.93. The zero-order valence-corrected chi connectivity index (χ0v) is 12.1. The molecule has 0 saturated heterocycles. The van der Waals surface area contributed by atoms with Gasteiger partial charge in [-0.25, -0.2) is 0 Å². The maximum absolute atomic E-state index is 2.42. The lowest BCUT2D eigenvalue weighted by molar-refractivity contribution is -0.626. The van der Waals surface area contributed by atoms with Crippen molar-refractivity contribution in [1.29, 1.82) is 0 Å². The molecular weight excluding hydrogens is 242 g/mol. The van der Waals surface area contributed by atoms with Gasteiger partial charge >= 0.3 is 0 Å². The molecular formula is C19H22N+. The molecule has 0 radical (unpaired) electrons. The SMILES string of the molecule is C[NH2+]CCC=C1c2ccccc2CCc2ccccc21. The number of hydrogen-bond acceptors (Lipinski definition) is 0. The first-order chi connectivity index (χ1) is 9.90. The Balaban J connectivity index is 2.11. The molecule has 1 heteroatoms. The van der Waals surface area contributed by atoms with Gasteiger partial charge in [-0.3, -0.25) is 0 Å². The van der Waals surface area contributed by atoms with Crippen LogP contribution in [-0.2, 0) is 12.8 Å². The average molecular weight is 264 g/mol. The van der Waals surface area contributed by atoms with Gasteiger partial charge in [-0.15, -0.1) is 0 Å². The molecule has 0 aromatic heterocycles. The summed E-state index contributed by atoms with van der Waals surface area (Å²) in [6.07, 6.45) is 5.83. The van der Waals surface area contributed by atoms with Crippen LogP contribution >= 0.6 is 0 Å². The van der Waals surface area contributed by atoms with Gasteiger partial charge in [-0.1, -0.05) is 54.6 Å². The molecule has 2 aromatic rings. The third-order valence-corrected chi connectivity index (χ3v) is 4.08. The minimum atomic E-state index is 1.12. The third-order valence-electron chi connectivity index (χ3n) is 4.08. The van der Waals surface area contributed by atoms with Crippen LogP contribution < -0.4 is 5.32 Å². The van der Waals surface area contributed by atoms with Gasteiger partial charge in [0.1, 0.15) is 0 Å². The Labute approximate surface area is 121 Å². The van der Waals surface area contributed by atoms with Crippen molar-refractivity contribution in [3.05, 3.63) is 76.9 Å². The summed E-state index contributed by atoms with van der Waals surface area (Å²) in [6, 6.07) is 17.7. The van der Waals surface area contributed by atoms with Crippen molar-refractivity contribution in [3.63, 3.8) is 0 Å². The first-order valence-corrected chi connectivity index (χ1v) is 7.54. The fraction of sp³-hybridized carbons (Fsp3) is 0.263. The highest BCUT2D eigenvalue weighted by Gasteiger charge is 2.16. The van der Waals surface area contributed by atoms with Crippen molar-refractivity contribution in [2.75, 3.05) is 13.6 Å². The second-order valence-corrected chi connectivity index (χ2v) is 5.42. The van der Waals surface area contributed by atoms with Crippen molar-refractivity contribution in [2.24, 2.45) is 0 Å². The minimum absolute atomic E-state index is 1.12. The Morgan fingerprint density at radius 2 is 1.45 bits per heavy atom. The Morgan fingerprint density at radius 3 is 2.00 bits per heavy atom. The Kier molecular flexibility index (Phi) is 3.98. The normalized spacial score (nSPS) is 13.3. The second kappa shape index (κ2) is 6.06. The molecule has 3 rings (SSSR count). The molecule has 2 aromatic carbocycles. The van der Waals surface area contributed by atoms with Crippen LogP contribution in [-0.4, -0.2) is 13.6 Å². The van der Waals surface area contributed by atoms with E-state index in [2.05, 4.69) is 67.0 Å². The van der Waals surface area contributed by atoms with Crippen molar-refractivity contribution >= 4 is 5.57 Å². The second-order valence-electron chi connectivity index (χ2n) is 5.42. The fourth-order valence-electron chi connectivity index (χ4n) is 3.03. The van der Waals surface area contributed by atoms with E-state index >= 15 is 0 Å². The van der Waals surface area contributed by atoms with E-state index in [4.69, 9.17) is 0 Å². The summed E-state index contributed by atoms with van der Waals surface area (Å²) in [6.45, 7) is 1.15. The van der Waals surface area contributed by atoms with E-state index < -0.39 is 0 Å². The maximum atomic E-state index is 2.42. The van der Waals surface area contributed by atoms with Crippen LogP contribution in [0.3, 0.4) is 0 Å². The van der Waals surface area contributed by atoms with Crippen LogP contribution in [0.5, 0.6) is 0 Å². The number of quaternary nitrogens is 1. The number of fused-ring (bicyclic) bond motifs is 2. The van der Waals surface area contributed by atoms with E-state index in [9.17, 15) is 0 Å². The van der Waals surface area contributed by atoms with Gasteiger partial charge in [0.15, 0.2) is 0 Å². The Morgan fingerprint density at radius 1 is 0.900 bits per heavy atom. The van der Waals surface area contributed by atoms with Crippen molar-refractivity contribution in [3.8, 4) is 0 Å². The summed E-state index contributed by atoms with van der Waals surface area (Å²) in [4.78, 5) is 0. The summed E-state index contributed by atoms with van der Waals surface area (Å²) in [5, 5.41) is 2.24. The molecule has 2 N–H and O–H groups in total. The topological polar surface area (TPSA) is 16.6 Å². The van der Waals surface area contributed by atoms with Crippen LogP contribution in [0.1, 0.15) is 28.7 Å². The van der Waals surface area contributed by atoms with Crippen molar-refractivity contribution in [1.82, 2.24) is 0 Å². The molecule has 1 aliphatic carbocycles. The lowest BCUT2D eigenvalue weighted by Gasteiger charge is -2.11. The van der Waals surface area contributed by atoms with E-state index in [0.29, 0.717) is 0 Å². The standard InChI is InChI=1S/C19H21N/c1-20-14-6-11-19-17-9-4-2-7-15(17)12-13-16-8-3-5-10-18(16)19/h2-5,7-11,20H,6,12-14H2,1H3/p+1. The smallest absolute Gasteiger partial charge is 0.0788 e. The van der Waals surface area contributed by atoms with E-state index in [-0.39, 0.29) is 0 Å². The Hall–Kier alpha value is -1.86. The maximum Gasteiger partial charge on any atom is 0.0788 e. The first-order valence-electron chi connectivity index (χ1n) is 7.54. The fourth-order valence-corrected chi connectivity index (χ4v) is 3.03. The molecule has 0 atom stereocenters. The number of benzene rings is 2. The predicted octanol–water partition coefficient (Wildman–Crippen LogP) is 2.80. The van der Waals surface area contributed by atoms with Gasteiger partial charge < -0.3 is 5.32 Å². The zero-order valence-electron chi connectivity index (χ0n) is 12.1. The molecule has 20 heavy (non-hydrogen) atoms. The number of nitrogens with two attached hydrogens (primary N) is 1. The van der Waals surface area contributed by atoms with E-state index in [1.54, 1.807) is 0 Å². The molecule has 0 aliphatic heterocycles. The molecule has 0 fully saturated rings. The number of hydrogen-bond donors (Lipinski definition) is 1. The van der Waals surface area contributed by atoms with E-state index in [1.807, 2.05) is 0 Å². The average Bonchev–Trinajstić information content (AvgIpc) is 2.66. The number of rotatable bonds is 3. The molecule has 0 saturated carbocycles. The summed E-state index contributed by atoms with van der Waals surface area (Å²) in [5.74, 6) is 0. The molecule has 102 valence electrons. The van der Waals surface area contributed by atoms with Crippen molar-refractivity contribution < 1.29 is 5.32 Å². The molecule has 0 heterocycles. The molecule has 1 nitrogen and oxygen atoms in total. The van der Waals surface area contributed by atoms with Crippen molar-refractivity contribution in [2.45, 2.75) is 19.3 Å². The van der Waals surface area contributed by atoms with Gasteiger partial charge in [0.05, 0.1) is 13.6 Å².